The molecule has 0 saturated heterocycles. The van der Waals surface area contributed by atoms with E-state index in [1.807, 2.05) is 0 Å². The average Bonchev–Trinajstić information content (AvgIpc) is 3.04. The summed E-state index contributed by atoms with van der Waals surface area (Å²) in [6.07, 6.45) is 3.26. The molecule has 0 aliphatic rings. The predicted molar refractivity (Wildman–Crippen MR) is 98.3 cm³/mol. The van der Waals surface area contributed by atoms with Crippen LogP contribution in [0.15, 0.2) is 58.0 Å². The zero-order valence-corrected chi connectivity index (χ0v) is 14.4. The van der Waals surface area contributed by atoms with Crippen LogP contribution in [0, 0.1) is 6.92 Å². The summed E-state index contributed by atoms with van der Waals surface area (Å²) in [7, 11) is 0. The molecule has 8 heteroatoms. The van der Waals surface area contributed by atoms with E-state index in [1.54, 1.807) is 49.6 Å². The number of fused-ring (bicyclic) bond motifs is 1. The summed E-state index contributed by atoms with van der Waals surface area (Å²) in [6, 6.07) is 9.79. The van der Waals surface area contributed by atoms with Crippen LogP contribution in [-0.4, -0.2) is 20.9 Å². The van der Waals surface area contributed by atoms with Gasteiger partial charge in [-0.1, -0.05) is 0 Å². The minimum atomic E-state index is -0.412. The van der Waals surface area contributed by atoms with E-state index in [0.29, 0.717) is 32.7 Å². The Hall–Kier alpha value is -3.39. The van der Waals surface area contributed by atoms with Gasteiger partial charge in [-0.05, 0) is 37.3 Å². The van der Waals surface area contributed by atoms with E-state index in [0.717, 1.165) is 5.39 Å². The molecule has 3 aromatic heterocycles. The van der Waals surface area contributed by atoms with Gasteiger partial charge in [0.05, 0.1) is 5.69 Å². The molecule has 0 aliphatic carbocycles. The highest BCUT2D eigenvalue weighted by atomic mass is 32.1. The van der Waals surface area contributed by atoms with Crippen LogP contribution in [0.5, 0.6) is 0 Å². The number of carbonyl (C=O) groups is 1. The lowest BCUT2D eigenvalue weighted by atomic mass is 10.2. The Morgan fingerprint density at radius 2 is 1.96 bits per heavy atom. The highest BCUT2D eigenvalue weighted by molar-refractivity contribution is 7.17. The molecule has 0 unspecified atom stereocenters. The van der Waals surface area contributed by atoms with Crippen LogP contribution in [0.3, 0.4) is 0 Å². The van der Waals surface area contributed by atoms with Gasteiger partial charge >= 0.3 is 5.63 Å². The smallest absolute Gasteiger partial charge is 0.336 e. The number of anilines is 1. The van der Waals surface area contributed by atoms with Crippen LogP contribution >= 0.6 is 11.3 Å². The molecular formula is C18H12N4O3S. The Morgan fingerprint density at radius 1 is 1.15 bits per heavy atom. The minimum Gasteiger partial charge on any atom is -0.423 e. The third kappa shape index (κ3) is 3.09. The molecule has 7 nitrogen and oxygen atoms in total. The van der Waals surface area contributed by atoms with Gasteiger partial charge in [-0.2, -0.15) is 0 Å². The third-order valence-corrected chi connectivity index (χ3v) is 4.79. The quantitative estimate of drug-likeness (QED) is 0.560. The van der Waals surface area contributed by atoms with Crippen LogP contribution in [0.2, 0.25) is 0 Å². The van der Waals surface area contributed by atoms with Crippen LogP contribution < -0.4 is 10.9 Å². The molecule has 0 radical (unpaired) electrons. The molecule has 1 amide bonds. The maximum Gasteiger partial charge on any atom is 0.336 e. The Balaban J connectivity index is 1.61. The van der Waals surface area contributed by atoms with E-state index in [4.69, 9.17) is 4.42 Å². The van der Waals surface area contributed by atoms with Gasteiger partial charge in [0.25, 0.3) is 5.91 Å². The number of hydrogen-bond acceptors (Lipinski definition) is 7. The van der Waals surface area contributed by atoms with E-state index >= 15 is 0 Å². The third-order valence-electron chi connectivity index (χ3n) is 3.64. The molecule has 0 aliphatic heterocycles. The SMILES string of the molecule is Cc1nc(-c2ncccn2)sc1C(=O)Nc1ccc2oc(=O)ccc2c1. The maximum absolute atomic E-state index is 12.6. The first-order valence-electron chi connectivity index (χ1n) is 7.70. The van der Waals surface area contributed by atoms with Crippen molar-refractivity contribution in [2.75, 3.05) is 5.32 Å². The first-order valence-corrected chi connectivity index (χ1v) is 8.52. The van der Waals surface area contributed by atoms with Crippen molar-refractivity contribution >= 4 is 33.9 Å². The van der Waals surface area contributed by atoms with Gasteiger partial charge in [0.1, 0.15) is 10.5 Å². The standard InChI is InChI=1S/C18H12N4O3S/c1-10-15(26-18(21-10)16-19-7-2-8-20-16)17(24)22-12-4-5-13-11(9-12)3-6-14(23)25-13/h2-9H,1H3,(H,22,24). The molecule has 128 valence electrons. The number of aryl methyl sites for hydroxylation is 1. The predicted octanol–water partition coefficient (Wildman–Crippen LogP) is 3.27. The first-order chi connectivity index (χ1) is 12.6. The first kappa shape index (κ1) is 16.1. The Labute approximate surface area is 151 Å². The van der Waals surface area contributed by atoms with Crippen LogP contribution in [0.1, 0.15) is 15.4 Å². The number of thiazole rings is 1. The minimum absolute atomic E-state index is 0.265. The number of nitrogens with one attached hydrogen (secondary N) is 1. The molecule has 0 bridgehead atoms. The Kier molecular flexibility index (Phi) is 4.02. The van der Waals surface area contributed by atoms with Crippen LogP contribution in [0.25, 0.3) is 21.8 Å². The molecule has 0 atom stereocenters. The molecule has 1 N–H and O–H groups in total. The summed E-state index contributed by atoms with van der Waals surface area (Å²) < 4.78 is 5.09. The average molecular weight is 364 g/mol. The van der Waals surface area contributed by atoms with Gasteiger partial charge < -0.3 is 9.73 Å². The zero-order valence-electron chi connectivity index (χ0n) is 13.6. The second kappa shape index (κ2) is 6.49. The highest BCUT2D eigenvalue weighted by Gasteiger charge is 2.17. The second-order valence-corrected chi connectivity index (χ2v) is 6.47. The fraction of sp³-hybridized carbons (Fsp3) is 0.0556. The van der Waals surface area contributed by atoms with E-state index in [1.165, 1.54) is 17.4 Å². The van der Waals surface area contributed by atoms with Crippen LogP contribution in [0.4, 0.5) is 5.69 Å². The van der Waals surface area contributed by atoms with Crippen molar-refractivity contribution in [3.63, 3.8) is 0 Å². The lowest BCUT2D eigenvalue weighted by molar-refractivity contribution is 0.103. The number of rotatable bonds is 3. The summed E-state index contributed by atoms with van der Waals surface area (Å²) in [6.45, 7) is 1.77. The number of nitrogens with zero attached hydrogens (tertiary/aromatic N) is 3. The Morgan fingerprint density at radius 3 is 2.77 bits per heavy atom. The lowest BCUT2D eigenvalue weighted by Gasteiger charge is -2.05. The Bertz CT molecular complexity index is 1170. The fourth-order valence-electron chi connectivity index (χ4n) is 2.45. The highest BCUT2D eigenvalue weighted by Crippen LogP contribution is 2.26. The van der Waals surface area contributed by atoms with Crippen molar-refractivity contribution in [3.8, 4) is 10.8 Å². The summed E-state index contributed by atoms with van der Waals surface area (Å²) in [4.78, 5) is 37.0. The molecule has 0 saturated carbocycles. The molecule has 3 heterocycles. The van der Waals surface area contributed by atoms with Gasteiger partial charge in [0, 0.05) is 29.5 Å². The number of carbonyl (C=O) groups excluding carboxylic acids is 1. The van der Waals surface area contributed by atoms with Crippen molar-refractivity contribution in [1.82, 2.24) is 15.0 Å². The molecule has 26 heavy (non-hydrogen) atoms. The van der Waals surface area contributed by atoms with E-state index in [2.05, 4.69) is 20.3 Å². The maximum atomic E-state index is 12.6. The molecule has 1 aromatic carbocycles. The van der Waals surface area contributed by atoms with Crippen molar-refractivity contribution in [1.29, 1.82) is 0 Å². The number of benzene rings is 1. The monoisotopic (exact) mass is 364 g/mol. The van der Waals surface area contributed by atoms with Gasteiger partial charge in [-0.15, -0.1) is 11.3 Å². The molecule has 0 spiro atoms. The second-order valence-electron chi connectivity index (χ2n) is 5.47. The van der Waals surface area contributed by atoms with Crippen LogP contribution in [-0.2, 0) is 0 Å². The molecule has 0 fully saturated rings. The van der Waals surface area contributed by atoms with Crippen molar-refractivity contribution in [2.45, 2.75) is 6.92 Å². The normalized spacial score (nSPS) is 10.8. The van der Waals surface area contributed by atoms with Gasteiger partial charge in [-0.25, -0.2) is 19.7 Å². The zero-order chi connectivity index (χ0) is 18.1. The van der Waals surface area contributed by atoms with Gasteiger partial charge in [0.15, 0.2) is 10.8 Å². The number of hydrogen-bond donors (Lipinski definition) is 1. The summed E-state index contributed by atoms with van der Waals surface area (Å²) in [5, 5.41) is 4.16. The lowest BCUT2D eigenvalue weighted by Crippen LogP contribution is -2.11. The topological polar surface area (TPSA) is 98.0 Å². The fourth-order valence-corrected chi connectivity index (χ4v) is 3.36. The number of aromatic nitrogens is 3. The summed E-state index contributed by atoms with van der Waals surface area (Å²) >= 11 is 1.24. The molecule has 4 aromatic rings. The van der Waals surface area contributed by atoms with Gasteiger partial charge in [0.2, 0.25) is 0 Å². The largest absolute Gasteiger partial charge is 0.423 e. The van der Waals surface area contributed by atoms with E-state index < -0.39 is 5.63 Å². The van der Waals surface area contributed by atoms with Crippen molar-refractivity contribution < 1.29 is 9.21 Å². The van der Waals surface area contributed by atoms with E-state index in [9.17, 15) is 9.59 Å². The summed E-state index contributed by atoms with van der Waals surface area (Å²) in [5.74, 6) is 0.222. The van der Waals surface area contributed by atoms with Gasteiger partial charge in [-0.3, -0.25) is 4.79 Å². The molecule has 4 rings (SSSR count). The number of amides is 1. The van der Waals surface area contributed by atoms with Crippen molar-refractivity contribution in [3.05, 3.63) is 69.8 Å². The van der Waals surface area contributed by atoms with E-state index in [-0.39, 0.29) is 5.91 Å². The summed E-state index contributed by atoms with van der Waals surface area (Å²) in [5.41, 5.74) is 1.27. The molecular weight excluding hydrogens is 352 g/mol. The van der Waals surface area contributed by atoms with Crippen molar-refractivity contribution in [2.24, 2.45) is 0 Å².